The third-order valence-electron chi connectivity index (χ3n) is 3.77. The molecule has 1 nitrogen and oxygen atoms in total. The second-order valence-electron chi connectivity index (χ2n) is 7.67. The minimum Gasteiger partial charge on any atom is -0.322 e. The Labute approximate surface area is 125 Å². The van der Waals surface area contributed by atoms with Gasteiger partial charge in [-0.3, -0.25) is 0 Å². The van der Waals surface area contributed by atoms with Crippen LogP contribution in [-0.4, -0.2) is 0 Å². The minimum absolute atomic E-state index is 0.193. The molecule has 0 fully saturated rings. The minimum atomic E-state index is -0.276. The normalized spacial score (nSPS) is 16.4. The highest BCUT2D eigenvalue weighted by Crippen LogP contribution is 2.29. The number of rotatable bonds is 4. The molecule has 0 bridgehead atoms. The lowest BCUT2D eigenvalue weighted by Gasteiger charge is -2.29. The predicted molar refractivity (Wildman–Crippen MR) is 89.9 cm³/mol. The second-order valence-corrected chi connectivity index (χ2v) is 7.67. The van der Waals surface area contributed by atoms with E-state index in [9.17, 15) is 0 Å². The van der Waals surface area contributed by atoms with Crippen molar-refractivity contribution in [2.24, 2.45) is 11.7 Å². The predicted octanol–water partition coefficient (Wildman–Crippen LogP) is 5.15. The van der Waals surface area contributed by atoms with Crippen molar-refractivity contribution >= 4 is 0 Å². The van der Waals surface area contributed by atoms with Crippen molar-refractivity contribution in [2.75, 3.05) is 0 Å². The number of benzene rings is 1. The lowest BCUT2D eigenvalue weighted by molar-refractivity contribution is 0.400. The van der Waals surface area contributed by atoms with E-state index in [-0.39, 0.29) is 11.0 Å². The molecule has 20 heavy (non-hydrogen) atoms. The van der Waals surface area contributed by atoms with E-state index in [1.165, 1.54) is 16.7 Å². The molecule has 1 rings (SSSR count). The van der Waals surface area contributed by atoms with Crippen LogP contribution in [0.25, 0.3) is 0 Å². The Balaban J connectivity index is 2.90. The van der Waals surface area contributed by atoms with Crippen LogP contribution in [0.4, 0.5) is 0 Å². The van der Waals surface area contributed by atoms with Crippen molar-refractivity contribution < 1.29 is 0 Å². The van der Waals surface area contributed by atoms with Gasteiger partial charge in [-0.1, -0.05) is 63.6 Å². The van der Waals surface area contributed by atoms with Crippen molar-refractivity contribution in [2.45, 2.75) is 65.8 Å². The molecule has 112 valence electrons. The van der Waals surface area contributed by atoms with Crippen LogP contribution in [0.3, 0.4) is 0 Å². The first-order valence-corrected chi connectivity index (χ1v) is 7.57. The number of nitrogens with two attached hydrogens (primary N) is 1. The molecular weight excluding hydrogens is 242 g/mol. The maximum absolute atomic E-state index is 6.54. The van der Waals surface area contributed by atoms with Gasteiger partial charge in [0.1, 0.15) is 0 Å². The fourth-order valence-corrected chi connectivity index (χ4v) is 2.77. The van der Waals surface area contributed by atoms with E-state index in [4.69, 9.17) is 5.73 Å². The molecule has 0 heterocycles. The summed E-state index contributed by atoms with van der Waals surface area (Å²) in [6.07, 6.45) is 3.27. The Morgan fingerprint density at radius 3 is 1.90 bits per heavy atom. The van der Waals surface area contributed by atoms with Gasteiger partial charge in [0.2, 0.25) is 0 Å². The van der Waals surface area contributed by atoms with Crippen molar-refractivity contribution in [3.63, 3.8) is 0 Å². The highest BCUT2D eigenvalue weighted by atomic mass is 14.7. The maximum atomic E-state index is 6.54. The van der Waals surface area contributed by atoms with Crippen LogP contribution in [0.15, 0.2) is 35.9 Å². The number of hydrogen-bond acceptors (Lipinski definition) is 1. The van der Waals surface area contributed by atoms with Crippen LogP contribution in [-0.2, 0) is 11.0 Å². The van der Waals surface area contributed by atoms with Gasteiger partial charge >= 0.3 is 0 Å². The molecule has 0 radical (unpaired) electrons. The molecule has 1 aromatic rings. The van der Waals surface area contributed by atoms with E-state index < -0.39 is 0 Å². The molecule has 0 saturated heterocycles. The Hall–Kier alpha value is -1.08. The summed E-state index contributed by atoms with van der Waals surface area (Å²) in [6.45, 7) is 15.4. The first kappa shape index (κ1) is 17.0. The smallest absolute Gasteiger partial charge is 0.0386 e. The summed E-state index contributed by atoms with van der Waals surface area (Å²) < 4.78 is 0. The van der Waals surface area contributed by atoms with Gasteiger partial charge in [0.25, 0.3) is 0 Å². The fourth-order valence-electron chi connectivity index (χ4n) is 2.77. The molecule has 2 atom stereocenters. The zero-order valence-corrected chi connectivity index (χ0v) is 14.2. The van der Waals surface area contributed by atoms with E-state index >= 15 is 0 Å². The quantitative estimate of drug-likeness (QED) is 0.754. The molecule has 0 aromatic heterocycles. The van der Waals surface area contributed by atoms with Crippen LogP contribution < -0.4 is 5.73 Å². The Morgan fingerprint density at radius 1 is 1.05 bits per heavy atom. The van der Waals surface area contributed by atoms with Crippen molar-refractivity contribution in [3.05, 3.63) is 47.0 Å². The van der Waals surface area contributed by atoms with Crippen LogP contribution in [0, 0.1) is 5.92 Å². The van der Waals surface area contributed by atoms with Crippen LogP contribution >= 0.6 is 0 Å². The lowest BCUT2D eigenvalue weighted by Crippen LogP contribution is -2.34. The van der Waals surface area contributed by atoms with Gasteiger partial charge in [0.15, 0.2) is 0 Å². The second kappa shape index (κ2) is 6.13. The van der Waals surface area contributed by atoms with E-state index in [0.717, 1.165) is 6.42 Å². The largest absolute Gasteiger partial charge is 0.322 e. The summed E-state index contributed by atoms with van der Waals surface area (Å²) in [5, 5.41) is 0. The monoisotopic (exact) mass is 273 g/mol. The van der Waals surface area contributed by atoms with E-state index in [1.807, 2.05) is 0 Å². The third kappa shape index (κ3) is 4.79. The van der Waals surface area contributed by atoms with Gasteiger partial charge in [-0.05, 0) is 49.7 Å². The van der Waals surface area contributed by atoms with Crippen molar-refractivity contribution in [3.8, 4) is 0 Å². The first-order valence-electron chi connectivity index (χ1n) is 7.57. The van der Waals surface area contributed by atoms with Gasteiger partial charge in [-0.15, -0.1) is 0 Å². The summed E-state index contributed by atoms with van der Waals surface area (Å²) in [7, 11) is 0. The Bertz CT molecular complexity index is 454. The number of allylic oxidation sites excluding steroid dienone is 2. The summed E-state index contributed by atoms with van der Waals surface area (Å²) >= 11 is 0. The molecule has 1 heteroatoms. The molecule has 0 amide bonds. The molecule has 0 saturated carbocycles. The zero-order chi connectivity index (χ0) is 15.6. The van der Waals surface area contributed by atoms with E-state index in [1.54, 1.807) is 0 Å². The molecule has 2 unspecified atom stereocenters. The van der Waals surface area contributed by atoms with Gasteiger partial charge < -0.3 is 5.73 Å². The fraction of sp³-hybridized carbons (Fsp3) is 0.579. The molecule has 0 aliphatic rings. The summed E-state index contributed by atoms with van der Waals surface area (Å²) in [5.74, 6) is 0.497. The molecule has 0 spiro atoms. The van der Waals surface area contributed by atoms with Gasteiger partial charge in [-0.25, -0.2) is 0 Å². The highest BCUT2D eigenvalue weighted by Gasteiger charge is 2.24. The summed E-state index contributed by atoms with van der Waals surface area (Å²) in [6, 6.07) is 8.81. The average Bonchev–Trinajstić information content (AvgIpc) is 2.26. The lowest BCUT2D eigenvalue weighted by atomic mass is 9.81. The Morgan fingerprint density at radius 2 is 1.50 bits per heavy atom. The average molecular weight is 273 g/mol. The van der Waals surface area contributed by atoms with Crippen LogP contribution in [0.1, 0.15) is 66.0 Å². The van der Waals surface area contributed by atoms with Gasteiger partial charge in [0.05, 0.1) is 0 Å². The van der Waals surface area contributed by atoms with Gasteiger partial charge in [0, 0.05) is 5.54 Å². The Kier molecular flexibility index (Phi) is 5.21. The maximum Gasteiger partial charge on any atom is 0.0386 e. The molecule has 1 aromatic carbocycles. The summed E-state index contributed by atoms with van der Waals surface area (Å²) in [5.41, 5.74) is 10.4. The molecular formula is C19H31N. The van der Waals surface area contributed by atoms with Crippen molar-refractivity contribution in [1.82, 2.24) is 0 Å². The van der Waals surface area contributed by atoms with Crippen LogP contribution in [0.5, 0.6) is 0 Å². The summed E-state index contributed by atoms with van der Waals surface area (Å²) in [4.78, 5) is 0. The zero-order valence-electron chi connectivity index (χ0n) is 14.2. The van der Waals surface area contributed by atoms with E-state index in [0.29, 0.717) is 5.92 Å². The topological polar surface area (TPSA) is 26.0 Å². The standard InChI is InChI=1S/C19H31N/c1-14(2)12-15(3)13-19(7,20)17-10-8-16(9-11-17)18(4,5)6/h8-12,15H,13,20H2,1-7H3. The molecule has 0 aliphatic carbocycles. The third-order valence-corrected chi connectivity index (χ3v) is 3.77. The molecule has 0 aliphatic heterocycles. The highest BCUT2D eigenvalue weighted by molar-refractivity contribution is 5.31. The number of hydrogen-bond donors (Lipinski definition) is 1. The van der Waals surface area contributed by atoms with Crippen molar-refractivity contribution in [1.29, 1.82) is 0 Å². The van der Waals surface area contributed by atoms with Crippen LogP contribution in [0.2, 0.25) is 0 Å². The first-order chi connectivity index (χ1) is 9.02. The van der Waals surface area contributed by atoms with E-state index in [2.05, 4.69) is 78.8 Å². The molecule has 2 N–H and O–H groups in total. The van der Waals surface area contributed by atoms with Gasteiger partial charge in [-0.2, -0.15) is 0 Å². The SMILES string of the molecule is CC(C)=CC(C)CC(C)(N)c1ccc(C(C)(C)C)cc1.